The summed E-state index contributed by atoms with van der Waals surface area (Å²) in [4.78, 5) is 6.97. The van der Waals surface area contributed by atoms with E-state index in [2.05, 4.69) is 28.9 Å². The van der Waals surface area contributed by atoms with E-state index in [9.17, 15) is 8.42 Å². The first-order valence-electron chi connectivity index (χ1n) is 9.84. The maximum Gasteiger partial charge on any atom is 0.324 e. The van der Waals surface area contributed by atoms with Gasteiger partial charge in [-0.15, -0.1) is 0 Å². The molecule has 1 saturated heterocycles. The van der Waals surface area contributed by atoms with E-state index in [0.29, 0.717) is 29.2 Å². The van der Waals surface area contributed by atoms with Gasteiger partial charge in [-0.05, 0) is 55.9 Å². The number of piperidine rings is 1. The van der Waals surface area contributed by atoms with Crippen LogP contribution in [-0.4, -0.2) is 44.5 Å². The third-order valence-corrected chi connectivity index (χ3v) is 6.24. The van der Waals surface area contributed by atoms with Crippen molar-refractivity contribution in [3.05, 3.63) is 30.1 Å². The second-order valence-electron chi connectivity index (χ2n) is 7.75. The maximum atomic E-state index is 11.5. The van der Waals surface area contributed by atoms with Gasteiger partial charge in [-0.1, -0.05) is 19.0 Å². The highest BCUT2D eigenvalue weighted by Gasteiger charge is 2.23. The van der Waals surface area contributed by atoms with E-state index in [4.69, 9.17) is 9.26 Å². The van der Waals surface area contributed by atoms with Crippen molar-refractivity contribution in [3.63, 3.8) is 0 Å². The number of hydrogen-bond donors (Lipinski definition) is 0. The Morgan fingerprint density at radius 2 is 1.89 bits per heavy atom. The summed E-state index contributed by atoms with van der Waals surface area (Å²) in [5.74, 6) is 2.43. The molecule has 0 amide bonds. The van der Waals surface area contributed by atoms with Crippen LogP contribution in [0.5, 0.6) is 5.75 Å². The summed E-state index contributed by atoms with van der Waals surface area (Å²) < 4.78 is 34.1. The van der Waals surface area contributed by atoms with E-state index in [1.165, 1.54) is 6.26 Å². The zero-order valence-corrected chi connectivity index (χ0v) is 17.6. The van der Waals surface area contributed by atoms with Crippen molar-refractivity contribution in [1.29, 1.82) is 0 Å². The minimum atomic E-state index is -3.16. The van der Waals surface area contributed by atoms with Crippen LogP contribution in [0.1, 0.15) is 51.3 Å². The number of rotatable bonds is 8. The van der Waals surface area contributed by atoms with Crippen molar-refractivity contribution in [3.8, 4) is 5.75 Å². The van der Waals surface area contributed by atoms with E-state index >= 15 is 0 Å². The summed E-state index contributed by atoms with van der Waals surface area (Å²) in [6.07, 6.45) is 5.54. The molecule has 2 aromatic rings. The Morgan fingerprint density at radius 1 is 1.21 bits per heavy atom. The molecule has 0 bridgehead atoms. The van der Waals surface area contributed by atoms with E-state index in [0.717, 1.165) is 44.6 Å². The first kappa shape index (κ1) is 20.6. The zero-order chi connectivity index (χ0) is 20.1. The molecule has 1 aromatic carbocycles. The summed E-state index contributed by atoms with van der Waals surface area (Å²) in [6.45, 7) is 6.64. The van der Waals surface area contributed by atoms with Gasteiger partial charge in [-0.25, -0.2) is 8.42 Å². The molecule has 0 radical (unpaired) electrons. The van der Waals surface area contributed by atoms with Gasteiger partial charge >= 0.3 is 6.01 Å². The van der Waals surface area contributed by atoms with Crippen LogP contribution in [0.15, 0.2) is 33.7 Å². The molecule has 8 heteroatoms. The van der Waals surface area contributed by atoms with Gasteiger partial charge in [0.25, 0.3) is 0 Å². The van der Waals surface area contributed by atoms with Gasteiger partial charge in [-0.2, -0.15) is 4.98 Å². The van der Waals surface area contributed by atoms with Gasteiger partial charge in [0.05, 0.1) is 11.5 Å². The highest BCUT2D eigenvalue weighted by Crippen LogP contribution is 2.26. The number of nitrogens with zero attached hydrogens (tertiary/aromatic N) is 3. The standard InChI is InChI=1S/C20H29N3O4S/c1-15(2)19-21-20(27-22-19)23-12-10-16(11-13-23)5-4-14-26-17-6-8-18(9-7-17)28(3,24)25/h6-9,15-16H,4-5,10-14H2,1-3H3. The molecule has 0 unspecified atom stereocenters. The Bertz CT molecular complexity index is 854. The molecule has 2 heterocycles. The fourth-order valence-electron chi connectivity index (χ4n) is 3.35. The van der Waals surface area contributed by atoms with E-state index in [1.54, 1.807) is 24.3 Å². The van der Waals surface area contributed by atoms with Gasteiger partial charge in [0.1, 0.15) is 5.75 Å². The molecule has 0 saturated carbocycles. The molecule has 3 rings (SSSR count). The summed E-state index contributed by atoms with van der Waals surface area (Å²) in [7, 11) is -3.16. The summed E-state index contributed by atoms with van der Waals surface area (Å²) in [5.41, 5.74) is 0. The van der Waals surface area contributed by atoms with Crippen LogP contribution in [0.3, 0.4) is 0 Å². The molecule has 0 atom stereocenters. The topological polar surface area (TPSA) is 85.5 Å². The summed E-state index contributed by atoms with van der Waals surface area (Å²) in [5, 5.41) is 4.04. The van der Waals surface area contributed by atoms with Crippen molar-refractivity contribution in [2.75, 3.05) is 30.9 Å². The second kappa shape index (κ2) is 8.94. The van der Waals surface area contributed by atoms with Crippen molar-refractivity contribution in [2.24, 2.45) is 5.92 Å². The van der Waals surface area contributed by atoms with Crippen LogP contribution in [0.25, 0.3) is 0 Å². The van der Waals surface area contributed by atoms with E-state index in [-0.39, 0.29) is 5.92 Å². The van der Waals surface area contributed by atoms with Crippen LogP contribution >= 0.6 is 0 Å². The monoisotopic (exact) mass is 407 g/mol. The molecule has 0 aliphatic carbocycles. The number of ether oxygens (including phenoxy) is 1. The quantitative estimate of drug-likeness (QED) is 0.617. The molecule has 154 valence electrons. The Morgan fingerprint density at radius 3 is 2.46 bits per heavy atom. The lowest BCUT2D eigenvalue weighted by Gasteiger charge is -2.30. The Labute approximate surface area is 167 Å². The number of hydrogen-bond acceptors (Lipinski definition) is 7. The van der Waals surface area contributed by atoms with Gasteiger partial charge in [0.2, 0.25) is 0 Å². The van der Waals surface area contributed by atoms with Crippen LogP contribution in [0.4, 0.5) is 6.01 Å². The van der Waals surface area contributed by atoms with Crippen molar-refractivity contribution in [2.45, 2.75) is 50.3 Å². The molecule has 1 fully saturated rings. The van der Waals surface area contributed by atoms with E-state index in [1.807, 2.05) is 0 Å². The highest BCUT2D eigenvalue weighted by molar-refractivity contribution is 7.90. The number of benzene rings is 1. The molecule has 0 N–H and O–H groups in total. The second-order valence-corrected chi connectivity index (χ2v) is 9.77. The molecule has 1 aliphatic rings. The lowest BCUT2D eigenvalue weighted by molar-refractivity contribution is 0.276. The van der Waals surface area contributed by atoms with E-state index < -0.39 is 9.84 Å². The Hall–Kier alpha value is -2.09. The predicted molar refractivity (Wildman–Crippen MR) is 108 cm³/mol. The zero-order valence-electron chi connectivity index (χ0n) is 16.8. The first-order valence-corrected chi connectivity index (χ1v) is 11.7. The van der Waals surface area contributed by atoms with Crippen LogP contribution in [0, 0.1) is 5.92 Å². The van der Waals surface area contributed by atoms with Gasteiger partial charge in [0.15, 0.2) is 15.7 Å². The highest BCUT2D eigenvalue weighted by atomic mass is 32.2. The largest absolute Gasteiger partial charge is 0.494 e. The summed E-state index contributed by atoms with van der Waals surface area (Å²) >= 11 is 0. The molecule has 1 aromatic heterocycles. The Balaban J connectivity index is 1.36. The molecule has 0 spiro atoms. The maximum absolute atomic E-state index is 11.5. The average molecular weight is 408 g/mol. The summed E-state index contributed by atoms with van der Waals surface area (Å²) in [6, 6.07) is 7.24. The van der Waals surface area contributed by atoms with Gasteiger partial charge in [0, 0.05) is 25.3 Å². The fourth-order valence-corrected chi connectivity index (χ4v) is 3.98. The lowest BCUT2D eigenvalue weighted by atomic mass is 9.92. The first-order chi connectivity index (χ1) is 13.3. The van der Waals surface area contributed by atoms with Crippen LogP contribution < -0.4 is 9.64 Å². The smallest absolute Gasteiger partial charge is 0.324 e. The molecule has 1 aliphatic heterocycles. The third kappa shape index (κ3) is 5.47. The minimum absolute atomic E-state index is 0.276. The fraction of sp³-hybridized carbons (Fsp3) is 0.600. The number of sulfone groups is 1. The van der Waals surface area contributed by atoms with Crippen LogP contribution in [-0.2, 0) is 9.84 Å². The Kier molecular flexibility index (Phi) is 6.59. The van der Waals surface area contributed by atoms with Crippen molar-refractivity contribution < 1.29 is 17.7 Å². The minimum Gasteiger partial charge on any atom is -0.494 e. The molecular weight excluding hydrogens is 378 g/mol. The molecule has 7 nitrogen and oxygen atoms in total. The third-order valence-electron chi connectivity index (χ3n) is 5.11. The average Bonchev–Trinajstić information content (AvgIpc) is 3.16. The normalized spacial score (nSPS) is 15.9. The molecular formula is C20H29N3O4S. The lowest BCUT2D eigenvalue weighted by Crippen LogP contribution is -2.34. The van der Waals surface area contributed by atoms with Crippen molar-refractivity contribution in [1.82, 2.24) is 10.1 Å². The number of anilines is 1. The SMILES string of the molecule is CC(C)c1noc(N2CCC(CCCOc3ccc(S(C)(=O)=O)cc3)CC2)n1. The van der Waals surface area contributed by atoms with Crippen molar-refractivity contribution >= 4 is 15.9 Å². The molecule has 28 heavy (non-hydrogen) atoms. The van der Waals surface area contributed by atoms with Crippen LogP contribution in [0.2, 0.25) is 0 Å². The number of aromatic nitrogens is 2. The predicted octanol–water partition coefficient (Wildman–Crippen LogP) is 3.67. The van der Waals surface area contributed by atoms with Gasteiger partial charge < -0.3 is 14.2 Å². The van der Waals surface area contributed by atoms with Gasteiger partial charge in [-0.3, -0.25) is 0 Å².